The third-order valence-electron chi connectivity index (χ3n) is 5.91. The number of ketones is 1. The molecule has 3 atom stereocenters. The Hall–Kier alpha value is -2.99. The second-order valence-corrected chi connectivity index (χ2v) is 8.04. The molecular formula is C25H28O6. The first kappa shape index (κ1) is 22.7. The van der Waals surface area contributed by atoms with Gasteiger partial charge >= 0.3 is 11.9 Å². The maximum atomic E-state index is 13.4. The fourth-order valence-corrected chi connectivity index (χ4v) is 4.26. The van der Waals surface area contributed by atoms with E-state index >= 15 is 0 Å². The molecule has 3 rings (SSSR count). The highest BCUT2D eigenvalue weighted by molar-refractivity contribution is 6.11. The number of hydrogen-bond donors (Lipinski definition) is 1. The van der Waals surface area contributed by atoms with Crippen molar-refractivity contribution < 1.29 is 29.0 Å². The average molecular weight is 424 g/mol. The van der Waals surface area contributed by atoms with Crippen molar-refractivity contribution in [2.24, 2.45) is 5.92 Å². The summed E-state index contributed by atoms with van der Waals surface area (Å²) in [6.45, 7) is 4.99. The van der Waals surface area contributed by atoms with Crippen molar-refractivity contribution in [3.05, 3.63) is 60.2 Å². The van der Waals surface area contributed by atoms with E-state index in [9.17, 15) is 19.5 Å². The van der Waals surface area contributed by atoms with Crippen molar-refractivity contribution in [3.63, 3.8) is 0 Å². The molecule has 6 nitrogen and oxygen atoms in total. The second-order valence-electron chi connectivity index (χ2n) is 8.04. The first-order chi connectivity index (χ1) is 14.8. The average Bonchev–Trinajstić information content (AvgIpc) is 2.74. The van der Waals surface area contributed by atoms with Gasteiger partial charge in [-0.05, 0) is 49.9 Å². The van der Waals surface area contributed by atoms with Gasteiger partial charge in [0.05, 0.1) is 24.7 Å². The molecule has 2 aromatic rings. The van der Waals surface area contributed by atoms with Gasteiger partial charge in [-0.25, -0.2) is 0 Å². The molecule has 0 spiro atoms. The second kappa shape index (κ2) is 9.02. The number of Topliss-reactive ketones (excluding diaryl/α,β-unsaturated/α-hetero) is 1. The van der Waals surface area contributed by atoms with Gasteiger partial charge in [0.1, 0.15) is 0 Å². The fraction of sp³-hybridized carbons (Fsp3) is 0.400. The van der Waals surface area contributed by atoms with Crippen LogP contribution < -0.4 is 0 Å². The molecule has 1 fully saturated rings. The lowest BCUT2D eigenvalue weighted by Crippen LogP contribution is -2.58. The zero-order valence-electron chi connectivity index (χ0n) is 18.1. The summed E-state index contributed by atoms with van der Waals surface area (Å²) in [7, 11) is 0. The number of rotatable bonds is 6. The molecular weight excluding hydrogens is 396 g/mol. The van der Waals surface area contributed by atoms with Crippen molar-refractivity contribution in [1.29, 1.82) is 0 Å². The normalized spacial score (nSPS) is 25.7. The van der Waals surface area contributed by atoms with Crippen molar-refractivity contribution in [1.82, 2.24) is 0 Å². The van der Waals surface area contributed by atoms with E-state index in [1.54, 1.807) is 32.0 Å². The Labute approximate surface area is 182 Å². The molecule has 0 aromatic heterocycles. The highest BCUT2D eigenvalue weighted by Crippen LogP contribution is 2.46. The lowest BCUT2D eigenvalue weighted by molar-refractivity contribution is -0.172. The van der Waals surface area contributed by atoms with Crippen LogP contribution in [0.2, 0.25) is 0 Å². The molecule has 0 heterocycles. The van der Waals surface area contributed by atoms with Gasteiger partial charge in [0.15, 0.2) is 11.2 Å². The Morgan fingerprint density at radius 2 is 1.65 bits per heavy atom. The van der Waals surface area contributed by atoms with Crippen LogP contribution in [-0.4, -0.2) is 41.6 Å². The van der Waals surface area contributed by atoms with Crippen LogP contribution in [0.4, 0.5) is 0 Å². The molecule has 6 heteroatoms. The Balaban J connectivity index is 2.15. The Morgan fingerprint density at radius 1 is 1.00 bits per heavy atom. The Kier molecular flexibility index (Phi) is 6.60. The number of benzene rings is 2. The zero-order valence-corrected chi connectivity index (χ0v) is 18.1. The van der Waals surface area contributed by atoms with Crippen LogP contribution in [0.5, 0.6) is 0 Å². The number of esters is 2. The van der Waals surface area contributed by atoms with E-state index < -0.39 is 34.7 Å². The summed E-state index contributed by atoms with van der Waals surface area (Å²) in [5.41, 5.74) is -1.10. The Morgan fingerprint density at radius 3 is 2.29 bits per heavy atom. The molecule has 31 heavy (non-hydrogen) atoms. The molecule has 1 saturated carbocycles. The predicted molar refractivity (Wildman–Crippen MR) is 115 cm³/mol. The number of ether oxygens (including phenoxy) is 2. The molecule has 2 aromatic carbocycles. The van der Waals surface area contributed by atoms with Gasteiger partial charge in [-0.3, -0.25) is 14.4 Å². The van der Waals surface area contributed by atoms with E-state index in [0.29, 0.717) is 5.56 Å². The largest absolute Gasteiger partial charge is 0.466 e. The summed E-state index contributed by atoms with van der Waals surface area (Å²) < 4.78 is 10.5. The third-order valence-corrected chi connectivity index (χ3v) is 5.91. The van der Waals surface area contributed by atoms with Gasteiger partial charge < -0.3 is 14.6 Å². The topological polar surface area (TPSA) is 89.9 Å². The molecule has 1 N–H and O–H groups in total. The van der Waals surface area contributed by atoms with Gasteiger partial charge in [0.2, 0.25) is 0 Å². The first-order valence-electron chi connectivity index (χ1n) is 10.5. The van der Waals surface area contributed by atoms with Gasteiger partial charge in [-0.15, -0.1) is 0 Å². The molecule has 1 aliphatic rings. The summed E-state index contributed by atoms with van der Waals surface area (Å²) in [6, 6.07) is 16.7. The molecule has 164 valence electrons. The summed E-state index contributed by atoms with van der Waals surface area (Å²) in [5, 5.41) is 10.9. The molecule has 1 aliphatic carbocycles. The quantitative estimate of drug-likeness (QED) is 0.564. The number of carbonyl (C=O) groups is 3. The number of carbonyl (C=O) groups excluding carboxylic acids is 3. The fourth-order valence-electron chi connectivity index (χ4n) is 4.26. The van der Waals surface area contributed by atoms with Crippen molar-refractivity contribution >= 4 is 17.7 Å². The summed E-state index contributed by atoms with van der Waals surface area (Å²) >= 11 is 0. The van der Waals surface area contributed by atoms with E-state index in [1.807, 2.05) is 36.4 Å². The van der Waals surface area contributed by atoms with Gasteiger partial charge in [-0.1, -0.05) is 48.5 Å². The standard InChI is InChI=1S/C25H28O6/c1-4-30-22(27)20-15-25(23(28)31-5-2,21(26)16-24(20,3)29)19-13-9-12-18(14-19)17-10-7-6-8-11-17/h6-14,20,29H,4-5,15-16H2,1-3H3. The minimum Gasteiger partial charge on any atom is -0.466 e. The first-order valence-corrected chi connectivity index (χ1v) is 10.5. The Bertz CT molecular complexity index is 965. The van der Waals surface area contributed by atoms with E-state index in [2.05, 4.69) is 0 Å². The van der Waals surface area contributed by atoms with E-state index in [-0.39, 0.29) is 26.1 Å². The van der Waals surface area contributed by atoms with Gasteiger partial charge in [0.25, 0.3) is 0 Å². The number of aliphatic hydroxyl groups is 1. The van der Waals surface area contributed by atoms with Crippen LogP contribution in [-0.2, 0) is 29.3 Å². The van der Waals surface area contributed by atoms with Crippen LogP contribution in [0.25, 0.3) is 11.1 Å². The molecule has 0 saturated heterocycles. The lowest BCUT2D eigenvalue weighted by Gasteiger charge is -2.44. The molecule has 0 bridgehead atoms. The maximum Gasteiger partial charge on any atom is 0.324 e. The van der Waals surface area contributed by atoms with Crippen molar-refractivity contribution in [2.45, 2.75) is 44.6 Å². The summed E-state index contributed by atoms with van der Waals surface area (Å²) in [5.74, 6) is -2.86. The van der Waals surface area contributed by atoms with E-state index in [0.717, 1.165) is 11.1 Å². The smallest absolute Gasteiger partial charge is 0.324 e. The van der Waals surface area contributed by atoms with Crippen molar-refractivity contribution in [2.75, 3.05) is 13.2 Å². The van der Waals surface area contributed by atoms with Crippen LogP contribution in [0.15, 0.2) is 54.6 Å². The minimum atomic E-state index is -1.69. The molecule has 0 radical (unpaired) electrons. The van der Waals surface area contributed by atoms with Crippen LogP contribution in [0, 0.1) is 5.92 Å². The summed E-state index contributed by atoms with van der Waals surface area (Å²) in [4.78, 5) is 39.3. The van der Waals surface area contributed by atoms with E-state index in [4.69, 9.17) is 9.47 Å². The molecule has 3 unspecified atom stereocenters. The molecule has 0 aliphatic heterocycles. The van der Waals surface area contributed by atoms with Gasteiger partial charge in [-0.2, -0.15) is 0 Å². The van der Waals surface area contributed by atoms with Crippen LogP contribution in [0.1, 0.15) is 39.2 Å². The molecule has 0 amide bonds. The highest BCUT2D eigenvalue weighted by Gasteiger charge is 2.60. The highest BCUT2D eigenvalue weighted by atomic mass is 16.5. The van der Waals surface area contributed by atoms with Gasteiger partial charge in [0, 0.05) is 6.42 Å². The van der Waals surface area contributed by atoms with E-state index in [1.165, 1.54) is 6.92 Å². The predicted octanol–water partition coefficient (Wildman–Crippen LogP) is 3.45. The third kappa shape index (κ3) is 4.26. The number of hydrogen-bond acceptors (Lipinski definition) is 6. The van der Waals surface area contributed by atoms with Crippen LogP contribution >= 0.6 is 0 Å². The SMILES string of the molecule is CCOC(=O)C1CC(C(=O)OCC)(c2cccc(-c3ccccc3)c2)C(=O)CC1(C)O. The maximum absolute atomic E-state index is 13.4. The lowest BCUT2D eigenvalue weighted by atomic mass is 9.60. The van der Waals surface area contributed by atoms with Crippen molar-refractivity contribution in [3.8, 4) is 11.1 Å². The zero-order chi connectivity index (χ0) is 22.6. The minimum absolute atomic E-state index is 0.0900. The monoisotopic (exact) mass is 424 g/mol. The summed E-state index contributed by atoms with van der Waals surface area (Å²) in [6.07, 6.45) is -0.570. The van der Waals surface area contributed by atoms with Crippen LogP contribution in [0.3, 0.4) is 0 Å².